The molecule has 6 nitrogen and oxygen atoms in total. The summed E-state index contributed by atoms with van der Waals surface area (Å²) in [4.78, 5) is 27.5. The van der Waals surface area contributed by atoms with Crippen molar-refractivity contribution >= 4 is 23.3 Å². The van der Waals surface area contributed by atoms with E-state index in [0.29, 0.717) is 24.8 Å². The molecule has 7 heteroatoms. The molecule has 1 unspecified atom stereocenters. The van der Waals surface area contributed by atoms with E-state index < -0.39 is 5.82 Å². The van der Waals surface area contributed by atoms with Gasteiger partial charge in [0.25, 0.3) is 0 Å². The Morgan fingerprint density at radius 2 is 2.00 bits per heavy atom. The Hall–Kier alpha value is -2.15. The summed E-state index contributed by atoms with van der Waals surface area (Å²) in [7, 11) is 0. The molecule has 132 valence electrons. The third-order valence-electron chi connectivity index (χ3n) is 4.31. The fraction of sp³-hybridized carbons (Fsp3) is 0.529. The van der Waals surface area contributed by atoms with Crippen molar-refractivity contribution in [2.75, 3.05) is 36.8 Å². The van der Waals surface area contributed by atoms with Gasteiger partial charge in [-0.3, -0.25) is 9.69 Å². The Morgan fingerprint density at radius 1 is 1.29 bits per heavy atom. The van der Waals surface area contributed by atoms with Crippen LogP contribution in [0.4, 0.5) is 20.6 Å². The van der Waals surface area contributed by atoms with Gasteiger partial charge in [0, 0.05) is 31.7 Å². The molecular formula is C17H25FN4O2. The molecule has 1 aromatic rings. The van der Waals surface area contributed by atoms with E-state index >= 15 is 0 Å². The van der Waals surface area contributed by atoms with Gasteiger partial charge in [0.15, 0.2) is 0 Å². The van der Waals surface area contributed by atoms with E-state index in [9.17, 15) is 14.0 Å². The molecule has 1 aromatic carbocycles. The number of anilines is 2. The van der Waals surface area contributed by atoms with Gasteiger partial charge in [-0.2, -0.15) is 0 Å². The van der Waals surface area contributed by atoms with Crippen LogP contribution in [0.25, 0.3) is 0 Å². The first-order valence-corrected chi connectivity index (χ1v) is 8.31. The number of nitrogens with one attached hydrogen (secondary N) is 2. The smallest absolute Gasteiger partial charge is 0.321 e. The quantitative estimate of drug-likeness (QED) is 0.869. The van der Waals surface area contributed by atoms with Crippen molar-refractivity contribution in [3.8, 4) is 0 Å². The molecule has 24 heavy (non-hydrogen) atoms. The predicted molar refractivity (Wildman–Crippen MR) is 92.6 cm³/mol. The number of amides is 3. The third kappa shape index (κ3) is 4.44. The fourth-order valence-corrected chi connectivity index (χ4v) is 3.06. The van der Waals surface area contributed by atoms with E-state index in [1.54, 1.807) is 4.90 Å². The van der Waals surface area contributed by atoms with Gasteiger partial charge in [-0.1, -0.05) is 13.8 Å². The molecule has 1 aliphatic heterocycles. The van der Waals surface area contributed by atoms with E-state index in [2.05, 4.69) is 29.4 Å². The van der Waals surface area contributed by atoms with Crippen LogP contribution in [-0.2, 0) is 4.79 Å². The number of likely N-dealkylation sites (N-methyl/N-ethyl adjacent to an activating group) is 1. The van der Waals surface area contributed by atoms with Gasteiger partial charge < -0.3 is 15.5 Å². The Kier molecular flexibility index (Phi) is 6.14. The number of halogens is 1. The maximum Gasteiger partial charge on any atom is 0.321 e. The molecule has 0 aromatic heterocycles. The fourth-order valence-electron chi connectivity index (χ4n) is 3.06. The Bertz CT molecular complexity index is 604. The van der Waals surface area contributed by atoms with Crippen molar-refractivity contribution in [3.05, 3.63) is 24.0 Å². The molecule has 1 heterocycles. The van der Waals surface area contributed by atoms with Crippen molar-refractivity contribution in [1.82, 2.24) is 9.80 Å². The molecule has 3 amide bonds. The summed E-state index contributed by atoms with van der Waals surface area (Å²) in [5.41, 5.74) is 0.513. The zero-order chi connectivity index (χ0) is 17.7. The molecule has 1 fully saturated rings. The number of urea groups is 1. The molecule has 1 aliphatic rings. The number of hydrogen-bond donors (Lipinski definition) is 2. The SMILES string of the molecule is CCN(CC)C1CCN(C(=O)Nc2cc(NC(C)=O)ccc2F)C1. The lowest BCUT2D eigenvalue weighted by Crippen LogP contribution is -2.39. The lowest BCUT2D eigenvalue weighted by atomic mass is 10.2. The van der Waals surface area contributed by atoms with Crippen LogP contribution in [0.15, 0.2) is 18.2 Å². The summed E-state index contributed by atoms with van der Waals surface area (Å²) in [6.07, 6.45) is 0.920. The van der Waals surface area contributed by atoms with Crippen LogP contribution in [0.3, 0.4) is 0 Å². The largest absolute Gasteiger partial charge is 0.326 e. The van der Waals surface area contributed by atoms with Crippen LogP contribution >= 0.6 is 0 Å². The molecule has 0 spiro atoms. The van der Waals surface area contributed by atoms with Crippen LogP contribution < -0.4 is 10.6 Å². The van der Waals surface area contributed by atoms with E-state index in [1.165, 1.54) is 25.1 Å². The van der Waals surface area contributed by atoms with Crippen molar-refractivity contribution in [1.29, 1.82) is 0 Å². The Morgan fingerprint density at radius 3 is 2.62 bits per heavy atom. The summed E-state index contributed by atoms with van der Waals surface area (Å²) >= 11 is 0. The van der Waals surface area contributed by atoms with Gasteiger partial charge in [-0.25, -0.2) is 9.18 Å². The standard InChI is InChI=1S/C17H25FN4O2/c1-4-21(5-2)14-8-9-22(11-14)17(24)20-16-10-13(19-12(3)23)6-7-15(16)18/h6-7,10,14H,4-5,8-9,11H2,1-3H3,(H,19,23)(H,20,24). The number of hydrogen-bond acceptors (Lipinski definition) is 3. The van der Waals surface area contributed by atoms with Gasteiger partial charge in [0.1, 0.15) is 5.82 Å². The van der Waals surface area contributed by atoms with Crippen LogP contribution in [0.5, 0.6) is 0 Å². The van der Waals surface area contributed by atoms with Crippen LogP contribution in [0, 0.1) is 5.82 Å². The van der Waals surface area contributed by atoms with Crippen molar-refractivity contribution in [3.63, 3.8) is 0 Å². The summed E-state index contributed by atoms with van der Waals surface area (Å²) < 4.78 is 13.9. The number of benzene rings is 1. The van der Waals surface area contributed by atoms with E-state index in [-0.39, 0.29) is 17.6 Å². The highest BCUT2D eigenvalue weighted by Gasteiger charge is 2.29. The van der Waals surface area contributed by atoms with Gasteiger partial charge in [-0.15, -0.1) is 0 Å². The highest BCUT2D eigenvalue weighted by molar-refractivity contribution is 5.92. The maximum absolute atomic E-state index is 13.9. The minimum Gasteiger partial charge on any atom is -0.326 e. The molecular weight excluding hydrogens is 311 g/mol. The van der Waals surface area contributed by atoms with Gasteiger partial charge in [0.2, 0.25) is 5.91 Å². The van der Waals surface area contributed by atoms with Crippen LogP contribution in [0.2, 0.25) is 0 Å². The summed E-state index contributed by atoms with van der Waals surface area (Å²) in [6, 6.07) is 4.14. The molecule has 0 saturated carbocycles. The highest BCUT2D eigenvalue weighted by Crippen LogP contribution is 2.22. The molecule has 0 bridgehead atoms. The Balaban J connectivity index is 2.01. The second-order valence-corrected chi connectivity index (χ2v) is 5.92. The first-order valence-electron chi connectivity index (χ1n) is 8.31. The van der Waals surface area contributed by atoms with Gasteiger partial charge in [0.05, 0.1) is 5.69 Å². The molecule has 1 atom stereocenters. The van der Waals surface area contributed by atoms with Crippen LogP contribution in [-0.4, -0.2) is 54.0 Å². The highest BCUT2D eigenvalue weighted by atomic mass is 19.1. The summed E-state index contributed by atoms with van der Waals surface area (Å²) in [6.45, 7) is 8.78. The average Bonchev–Trinajstić information content (AvgIpc) is 3.01. The van der Waals surface area contributed by atoms with Gasteiger partial charge >= 0.3 is 6.03 Å². The predicted octanol–water partition coefficient (Wildman–Crippen LogP) is 2.73. The van der Waals surface area contributed by atoms with Crippen molar-refractivity contribution < 1.29 is 14.0 Å². The zero-order valence-corrected chi connectivity index (χ0v) is 14.4. The molecule has 0 radical (unpaired) electrons. The Labute approximate surface area is 142 Å². The van der Waals surface area contributed by atoms with E-state index in [1.807, 2.05) is 0 Å². The maximum atomic E-state index is 13.9. The summed E-state index contributed by atoms with van der Waals surface area (Å²) in [5.74, 6) is -0.780. The van der Waals surface area contributed by atoms with Gasteiger partial charge in [-0.05, 0) is 37.7 Å². The lowest BCUT2D eigenvalue weighted by molar-refractivity contribution is -0.114. The molecule has 0 aliphatic carbocycles. The molecule has 2 N–H and O–H groups in total. The average molecular weight is 336 g/mol. The van der Waals surface area contributed by atoms with Crippen molar-refractivity contribution in [2.45, 2.75) is 33.2 Å². The topological polar surface area (TPSA) is 64.7 Å². The molecule has 1 saturated heterocycles. The lowest BCUT2D eigenvalue weighted by Gasteiger charge is -2.26. The monoisotopic (exact) mass is 336 g/mol. The normalized spacial score (nSPS) is 17.2. The molecule has 2 rings (SSSR count). The van der Waals surface area contributed by atoms with E-state index in [4.69, 9.17) is 0 Å². The first kappa shape index (κ1) is 18.2. The minimum absolute atomic E-state index is 0.0672. The number of carbonyl (C=O) groups excluding carboxylic acids is 2. The number of rotatable bonds is 5. The minimum atomic E-state index is -0.531. The van der Waals surface area contributed by atoms with Crippen molar-refractivity contribution in [2.24, 2.45) is 0 Å². The van der Waals surface area contributed by atoms with Crippen LogP contribution in [0.1, 0.15) is 27.2 Å². The second kappa shape index (κ2) is 8.10. The zero-order valence-electron chi connectivity index (χ0n) is 14.4. The number of nitrogens with zero attached hydrogens (tertiary/aromatic N) is 2. The summed E-state index contributed by atoms with van der Waals surface area (Å²) in [5, 5.41) is 5.18. The third-order valence-corrected chi connectivity index (χ3v) is 4.31. The second-order valence-electron chi connectivity index (χ2n) is 5.92. The first-order chi connectivity index (χ1) is 11.4. The number of likely N-dealkylation sites (tertiary alicyclic amines) is 1. The van der Waals surface area contributed by atoms with E-state index in [0.717, 1.165) is 19.5 Å². The number of carbonyl (C=O) groups is 2.